The van der Waals surface area contributed by atoms with Crippen LogP contribution in [-0.4, -0.2) is 16.8 Å². The molecule has 4 aliphatic rings. The topological polar surface area (TPSA) is 123 Å². The molecule has 0 spiro atoms. The highest BCUT2D eigenvalue weighted by Crippen LogP contribution is 2.67. The number of phosphoric ester groups is 1. The van der Waals surface area contributed by atoms with Crippen molar-refractivity contribution in [3.63, 3.8) is 0 Å². The molecule has 6 nitrogen and oxygen atoms in total. The quantitative estimate of drug-likeness (QED) is 0.518. The van der Waals surface area contributed by atoms with Gasteiger partial charge in [0.1, 0.15) is 0 Å². The molecular weight excluding hydrogens is 377 g/mol. The molecule has 0 aromatic carbocycles. The van der Waals surface area contributed by atoms with E-state index in [1.165, 1.54) is 5.57 Å². The monoisotopic (exact) mass is 411 g/mol. The summed E-state index contributed by atoms with van der Waals surface area (Å²) in [5, 5.41) is 0. The van der Waals surface area contributed by atoms with Gasteiger partial charge in [0.25, 0.3) is 7.82 Å². The average molecular weight is 411 g/mol. The highest BCUT2D eigenvalue weighted by atomic mass is 31.2. The van der Waals surface area contributed by atoms with Crippen molar-refractivity contribution >= 4 is 13.6 Å². The van der Waals surface area contributed by atoms with E-state index in [-0.39, 0.29) is 22.8 Å². The molecule has 0 aromatic rings. The van der Waals surface area contributed by atoms with E-state index in [1.54, 1.807) is 0 Å². The number of hydrogen-bond acceptors (Lipinski definition) is 4. The largest absolute Gasteiger partial charge is 0.756 e. The Hall–Kier alpha value is -0.780. The van der Waals surface area contributed by atoms with Gasteiger partial charge < -0.3 is 20.5 Å². The number of fused-ring (bicyclic) bond motifs is 5. The molecule has 4 rings (SSSR count). The van der Waals surface area contributed by atoms with Crippen LogP contribution >= 0.6 is 7.82 Å². The van der Waals surface area contributed by atoms with Gasteiger partial charge in [-0.1, -0.05) is 25.5 Å². The van der Waals surface area contributed by atoms with Crippen LogP contribution in [0.4, 0.5) is 0 Å². The molecule has 5 unspecified atom stereocenters. The second-order valence-electron chi connectivity index (χ2n) is 9.47. The van der Waals surface area contributed by atoms with Crippen LogP contribution in [0, 0.1) is 28.6 Å². The maximum Gasteiger partial charge on any atom is 0.265 e. The van der Waals surface area contributed by atoms with Crippen LogP contribution in [0.5, 0.6) is 0 Å². The molecule has 0 amide bonds. The summed E-state index contributed by atoms with van der Waals surface area (Å²) in [6.07, 6.45) is 9.70. The van der Waals surface area contributed by atoms with Gasteiger partial charge in [0.2, 0.25) is 0 Å². The van der Waals surface area contributed by atoms with Crippen molar-refractivity contribution in [2.45, 2.75) is 71.8 Å². The summed E-state index contributed by atoms with van der Waals surface area (Å²) in [4.78, 5) is 32.6. The predicted octanol–water partition coefficient (Wildman–Crippen LogP) is 4.30. The van der Waals surface area contributed by atoms with E-state index in [0.29, 0.717) is 30.6 Å². The number of ketones is 1. The fraction of sp³-hybridized carbons (Fsp3) is 0.762. The molecule has 0 aromatic heterocycles. The van der Waals surface area contributed by atoms with E-state index < -0.39 is 13.9 Å². The molecular formula is C21H34NO5P. The Morgan fingerprint density at radius 1 is 1.21 bits per heavy atom. The lowest BCUT2D eigenvalue weighted by molar-refractivity contribution is -0.222. The molecule has 0 bridgehead atoms. The standard InChI is InChI=1S/C21H31O5P.H3N/c1-4-16-19(26-27(23,24)25)12-18-15-6-5-13-11-14(22)7-9-20(13,2)17(15)8-10-21(16,18)3;/h4,11,15,17-19H,5-10,12H2,1-3H3,(H2,23,24,25);1H3/b16-4+;/t15?,17?,18?,19?,20-,21+;/m0./s1. The second-order valence-corrected chi connectivity index (χ2v) is 10.6. The van der Waals surface area contributed by atoms with Gasteiger partial charge in [-0.25, -0.2) is 0 Å². The van der Waals surface area contributed by atoms with Gasteiger partial charge in [0, 0.05) is 6.42 Å². The molecule has 5 N–H and O–H groups in total. The summed E-state index contributed by atoms with van der Waals surface area (Å²) in [6.45, 7) is 6.52. The normalized spacial score (nSPS) is 46.0. The van der Waals surface area contributed by atoms with Gasteiger partial charge in [0.05, 0.1) is 6.10 Å². The second kappa shape index (κ2) is 7.17. The lowest BCUT2D eigenvalue weighted by atomic mass is 9.47. The minimum Gasteiger partial charge on any atom is -0.756 e. The minimum absolute atomic E-state index is 0. The van der Waals surface area contributed by atoms with E-state index in [1.807, 2.05) is 19.1 Å². The Morgan fingerprint density at radius 3 is 2.57 bits per heavy atom. The van der Waals surface area contributed by atoms with E-state index in [0.717, 1.165) is 37.7 Å². The van der Waals surface area contributed by atoms with Crippen molar-refractivity contribution in [2.24, 2.45) is 28.6 Å². The van der Waals surface area contributed by atoms with E-state index in [2.05, 4.69) is 13.8 Å². The molecule has 0 aliphatic heterocycles. The molecule has 7 atom stereocenters. The molecule has 158 valence electrons. The molecule has 0 heterocycles. The fourth-order valence-corrected chi connectivity index (χ4v) is 7.70. The van der Waals surface area contributed by atoms with Gasteiger partial charge in [-0.05, 0) is 85.7 Å². The maximum atomic E-state index is 11.9. The zero-order valence-electron chi connectivity index (χ0n) is 17.4. The number of phosphoric acid groups is 1. The lowest BCUT2D eigenvalue weighted by Crippen LogP contribution is -2.49. The van der Waals surface area contributed by atoms with Gasteiger partial charge >= 0.3 is 0 Å². The van der Waals surface area contributed by atoms with Crippen molar-refractivity contribution < 1.29 is 23.7 Å². The molecule has 4 aliphatic carbocycles. The van der Waals surface area contributed by atoms with Gasteiger partial charge in [-0.15, -0.1) is 0 Å². The Balaban J connectivity index is 0.00000225. The summed E-state index contributed by atoms with van der Waals surface area (Å²) in [6, 6.07) is 0. The van der Waals surface area contributed by atoms with Gasteiger partial charge in [-0.2, -0.15) is 0 Å². The zero-order chi connectivity index (χ0) is 19.6. The van der Waals surface area contributed by atoms with E-state index in [9.17, 15) is 19.1 Å². The van der Waals surface area contributed by atoms with Crippen LogP contribution in [0.2, 0.25) is 0 Å². The van der Waals surface area contributed by atoms with Crippen LogP contribution < -0.4 is 11.0 Å². The van der Waals surface area contributed by atoms with Crippen LogP contribution in [0.1, 0.15) is 65.7 Å². The third kappa shape index (κ3) is 3.27. The Morgan fingerprint density at radius 2 is 1.93 bits per heavy atom. The number of rotatable bonds is 2. The van der Waals surface area contributed by atoms with Crippen molar-refractivity contribution in [2.75, 3.05) is 0 Å². The van der Waals surface area contributed by atoms with Crippen LogP contribution in [0.3, 0.4) is 0 Å². The SMILES string of the molecule is C/C=C1\C(OP(=O)([O-])O)CC2C3CCC4=CC(=O)CC[C@]4(C)C3CC[C@]12C.[NH4+]. The first-order valence-electron chi connectivity index (χ1n) is 10.2. The Bertz CT molecular complexity index is 771. The predicted molar refractivity (Wildman–Crippen MR) is 107 cm³/mol. The summed E-state index contributed by atoms with van der Waals surface area (Å²) in [5.41, 5.74) is 2.39. The number of carbonyl (C=O) groups is 1. The van der Waals surface area contributed by atoms with Gasteiger partial charge in [-0.3, -0.25) is 9.36 Å². The van der Waals surface area contributed by atoms with Crippen molar-refractivity contribution in [3.05, 3.63) is 23.3 Å². The summed E-state index contributed by atoms with van der Waals surface area (Å²) < 4.78 is 16.5. The first kappa shape index (κ1) is 21.9. The minimum atomic E-state index is -4.77. The average Bonchev–Trinajstić information content (AvgIpc) is 2.84. The Labute approximate surface area is 167 Å². The summed E-state index contributed by atoms with van der Waals surface area (Å²) in [7, 11) is -4.77. The lowest BCUT2D eigenvalue weighted by Gasteiger charge is -2.57. The summed E-state index contributed by atoms with van der Waals surface area (Å²) in [5.74, 6) is 1.66. The Kier molecular flexibility index (Phi) is 5.61. The number of hydrogen-bond donors (Lipinski definition) is 2. The molecule has 3 saturated carbocycles. The fourth-order valence-electron chi connectivity index (χ4n) is 7.17. The molecule has 0 saturated heterocycles. The smallest absolute Gasteiger partial charge is 0.265 e. The van der Waals surface area contributed by atoms with Crippen molar-refractivity contribution in [3.8, 4) is 0 Å². The maximum absolute atomic E-state index is 11.9. The van der Waals surface area contributed by atoms with Crippen molar-refractivity contribution in [1.29, 1.82) is 0 Å². The van der Waals surface area contributed by atoms with Gasteiger partial charge in [0.15, 0.2) is 5.78 Å². The van der Waals surface area contributed by atoms with Crippen molar-refractivity contribution in [1.82, 2.24) is 6.15 Å². The highest BCUT2D eigenvalue weighted by Gasteiger charge is 2.59. The van der Waals surface area contributed by atoms with Crippen LogP contribution in [-0.2, 0) is 13.9 Å². The number of quaternary nitrogens is 1. The third-order valence-electron chi connectivity index (χ3n) is 8.40. The van der Waals surface area contributed by atoms with Crippen LogP contribution in [0.25, 0.3) is 0 Å². The molecule has 3 fully saturated rings. The van der Waals surface area contributed by atoms with Crippen LogP contribution in [0.15, 0.2) is 23.3 Å². The zero-order valence-corrected chi connectivity index (χ0v) is 18.3. The molecule has 0 radical (unpaired) electrons. The number of allylic oxidation sites excluding steroid dienone is 2. The molecule has 7 heteroatoms. The first-order valence-corrected chi connectivity index (χ1v) is 11.7. The number of carbonyl (C=O) groups excluding carboxylic acids is 1. The first-order chi connectivity index (χ1) is 12.6. The summed E-state index contributed by atoms with van der Waals surface area (Å²) >= 11 is 0. The highest BCUT2D eigenvalue weighted by molar-refractivity contribution is 7.44. The van der Waals surface area contributed by atoms with E-state index in [4.69, 9.17) is 4.52 Å². The molecule has 28 heavy (non-hydrogen) atoms. The van der Waals surface area contributed by atoms with E-state index >= 15 is 0 Å². The third-order valence-corrected chi connectivity index (χ3v) is 8.92.